The molecule has 6 rings (SSSR count). The lowest BCUT2D eigenvalue weighted by molar-refractivity contribution is -0.126. The van der Waals surface area contributed by atoms with Crippen LogP contribution in [0.15, 0.2) is 79.0 Å². The first-order valence-electron chi connectivity index (χ1n) is 14.0. The van der Waals surface area contributed by atoms with Crippen molar-refractivity contribution in [3.05, 3.63) is 112 Å². The average Bonchev–Trinajstić information content (AvgIpc) is 3.29. The number of halogens is 1. The van der Waals surface area contributed by atoms with Crippen molar-refractivity contribution < 1.29 is 14.3 Å². The lowest BCUT2D eigenvalue weighted by atomic mass is 9.89. The summed E-state index contributed by atoms with van der Waals surface area (Å²) in [5, 5.41) is 3.58. The Kier molecular flexibility index (Phi) is 7.63. The lowest BCUT2D eigenvalue weighted by Crippen LogP contribution is -2.49. The third kappa shape index (κ3) is 5.65. The number of nitrogens with zero attached hydrogens (tertiary/aromatic N) is 2. The van der Waals surface area contributed by atoms with Gasteiger partial charge in [0.25, 0.3) is 5.91 Å². The largest absolute Gasteiger partial charge is 0.489 e. The molecule has 1 atom stereocenters. The van der Waals surface area contributed by atoms with Gasteiger partial charge in [0.05, 0.1) is 6.54 Å². The van der Waals surface area contributed by atoms with E-state index in [1.165, 1.54) is 11.1 Å². The second-order valence-electron chi connectivity index (χ2n) is 11.1. The molecule has 0 aromatic heterocycles. The number of rotatable bonds is 7. The quantitative estimate of drug-likeness (QED) is 0.386. The molecular formula is C33H34ClN3O3. The van der Waals surface area contributed by atoms with Crippen LogP contribution >= 0.6 is 11.6 Å². The summed E-state index contributed by atoms with van der Waals surface area (Å²) in [4.78, 5) is 29.9. The number of likely N-dealkylation sites (tertiary alicyclic amines) is 1. The predicted octanol–water partition coefficient (Wildman–Crippen LogP) is 6.05. The summed E-state index contributed by atoms with van der Waals surface area (Å²) >= 11 is 6.06. The van der Waals surface area contributed by atoms with Gasteiger partial charge >= 0.3 is 0 Å². The van der Waals surface area contributed by atoms with Crippen molar-refractivity contribution in [2.45, 2.75) is 57.3 Å². The van der Waals surface area contributed by atoms with E-state index in [1.807, 2.05) is 30.3 Å². The summed E-state index contributed by atoms with van der Waals surface area (Å²) in [5.74, 6) is 1.01. The summed E-state index contributed by atoms with van der Waals surface area (Å²) in [5.41, 5.74) is 5.93. The van der Waals surface area contributed by atoms with E-state index in [2.05, 4.69) is 53.2 Å². The van der Waals surface area contributed by atoms with Crippen molar-refractivity contribution in [1.82, 2.24) is 15.1 Å². The van der Waals surface area contributed by atoms with Crippen LogP contribution < -0.4 is 10.1 Å². The van der Waals surface area contributed by atoms with Crippen LogP contribution in [0.25, 0.3) is 0 Å². The number of benzene rings is 3. The Balaban J connectivity index is 1.06. The van der Waals surface area contributed by atoms with Crippen molar-refractivity contribution >= 4 is 23.4 Å². The van der Waals surface area contributed by atoms with Crippen molar-refractivity contribution in [3.63, 3.8) is 0 Å². The molecule has 0 saturated carbocycles. The minimum absolute atomic E-state index is 0.116. The fraction of sp³-hybridized carbons (Fsp3) is 0.333. The normalized spacial score (nSPS) is 20.0. The minimum atomic E-state index is -0.480. The zero-order valence-electron chi connectivity index (χ0n) is 22.6. The van der Waals surface area contributed by atoms with E-state index < -0.39 is 6.04 Å². The molecule has 1 N–H and O–H groups in total. The van der Waals surface area contributed by atoms with Gasteiger partial charge in [-0.3, -0.25) is 14.5 Å². The minimum Gasteiger partial charge on any atom is -0.489 e. The van der Waals surface area contributed by atoms with Crippen LogP contribution in [0.1, 0.15) is 64.2 Å². The fourth-order valence-electron chi connectivity index (χ4n) is 6.17. The summed E-state index contributed by atoms with van der Waals surface area (Å²) in [6.07, 6.45) is 3.57. The highest BCUT2D eigenvalue weighted by atomic mass is 35.5. The Hall–Kier alpha value is -3.61. The molecule has 3 aromatic rings. The molecule has 3 aliphatic heterocycles. The maximum Gasteiger partial charge on any atom is 0.255 e. The number of hydrogen-bond acceptors (Lipinski definition) is 4. The number of carbonyl (C=O) groups excluding carboxylic acids is 2. The molecule has 0 bridgehead atoms. The number of carbonyl (C=O) groups is 2. The Morgan fingerprint density at radius 1 is 0.950 bits per heavy atom. The molecule has 0 radical (unpaired) electrons. The molecule has 6 nitrogen and oxygen atoms in total. The number of ether oxygens (including phenoxy) is 1. The van der Waals surface area contributed by atoms with Crippen molar-refractivity contribution in [2.24, 2.45) is 0 Å². The van der Waals surface area contributed by atoms with Crippen molar-refractivity contribution in [3.8, 4) is 5.75 Å². The maximum atomic E-state index is 13.2. The molecule has 2 saturated heterocycles. The van der Waals surface area contributed by atoms with Gasteiger partial charge in [-0.2, -0.15) is 0 Å². The first-order chi connectivity index (χ1) is 19.4. The van der Waals surface area contributed by atoms with E-state index in [0.29, 0.717) is 48.9 Å². The Morgan fingerprint density at radius 2 is 1.70 bits per heavy atom. The monoisotopic (exact) mass is 555 g/mol. The summed E-state index contributed by atoms with van der Waals surface area (Å²) < 4.78 is 6.26. The molecule has 206 valence electrons. The van der Waals surface area contributed by atoms with Gasteiger partial charge in [-0.05, 0) is 85.6 Å². The van der Waals surface area contributed by atoms with Gasteiger partial charge in [0.2, 0.25) is 5.91 Å². The molecular weight excluding hydrogens is 522 g/mol. The third-order valence-electron chi connectivity index (χ3n) is 8.37. The van der Waals surface area contributed by atoms with Gasteiger partial charge in [0.1, 0.15) is 18.4 Å². The Morgan fingerprint density at radius 3 is 2.48 bits per heavy atom. The molecule has 7 heteroatoms. The van der Waals surface area contributed by atoms with Gasteiger partial charge in [0.15, 0.2) is 0 Å². The Labute approximate surface area is 240 Å². The molecule has 2 amide bonds. The number of fused-ring (bicyclic) bond motifs is 1. The van der Waals surface area contributed by atoms with E-state index in [1.54, 1.807) is 4.90 Å². The summed E-state index contributed by atoms with van der Waals surface area (Å²) in [6, 6.07) is 21.9. The molecule has 1 unspecified atom stereocenters. The van der Waals surface area contributed by atoms with Crippen LogP contribution in [0.2, 0.25) is 5.02 Å². The van der Waals surface area contributed by atoms with Crippen LogP contribution in [-0.4, -0.2) is 40.7 Å². The van der Waals surface area contributed by atoms with Crippen LogP contribution in [-0.2, 0) is 24.5 Å². The van der Waals surface area contributed by atoms with E-state index in [4.69, 9.17) is 16.3 Å². The van der Waals surface area contributed by atoms with Gasteiger partial charge in [-0.1, -0.05) is 60.6 Å². The number of hydrogen-bond donors (Lipinski definition) is 1. The van der Waals surface area contributed by atoms with E-state index >= 15 is 0 Å². The third-order valence-corrected chi connectivity index (χ3v) is 8.62. The topological polar surface area (TPSA) is 61.9 Å². The average molecular weight is 556 g/mol. The molecule has 0 spiro atoms. The van der Waals surface area contributed by atoms with Crippen LogP contribution in [0.4, 0.5) is 0 Å². The van der Waals surface area contributed by atoms with E-state index in [0.717, 1.165) is 48.6 Å². The van der Waals surface area contributed by atoms with Crippen LogP contribution in [0, 0.1) is 0 Å². The smallest absolute Gasteiger partial charge is 0.255 e. The van der Waals surface area contributed by atoms with Gasteiger partial charge in [-0.25, -0.2) is 0 Å². The van der Waals surface area contributed by atoms with Crippen molar-refractivity contribution in [1.29, 1.82) is 0 Å². The summed E-state index contributed by atoms with van der Waals surface area (Å²) in [7, 11) is 0. The highest BCUT2D eigenvalue weighted by Gasteiger charge is 2.39. The fourth-order valence-corrected chi connectivity index (χ4v) is 6.29. The Bertz CT molecular complexity index is 1430. The number of amides is 2. The van der Waals surface area contributed by atoms with Gasteiger partial charge < -0.3 is 15.0 Å². The number of nitrogens with one attached hydrogen (secondary N) is 1. The molecule has 0 aliphatic carbocycles. The zero-order chi connectivity index (χ0) is 27.6. The van der Waals surface area contributed by atoms with E-state index in [9.17, 15) is 9.59 Å². The predicted molar refractivity (Wildman–Crippen MR) is 156 cm³/mol. The van der Waals surface area contributed by atoms with Crippen LogP contribution in [0.3, 0.4) is 0 Å². The molecule has 3 aromatic carbocycles. The second-order valence-corrected chi connectivity index (χ2v) is 11.5. The second kappa shape index (κ2) is 11.5. The zero-order valence-corrected chi connectivity index (χ0v) is 23.3. The highest BCUT2D eigenvalue weighted by molar-refractivity contribution is 6.30. The van der Waals surface area contributed by atoms with Crippen molar-refractivity contribution in [2.75, 3.05) is 13.1 Å². The molecule has 3 aliphatic rings. The van der Waals surface area contributed by atoms with Gasteiger partial charge in [0, 0.05) is 28.4 Å². The first kappa shape index (κ1) is 26.6. The maximum absolute atomic E-state index is 13.2. The van der Waals surface area contributed by atoms with E-state index in [-0.39, 0.29) is 11.8 Å². The molecule has 40 heavy (non-hydrogen) atoms. The standard InChI is InChI=1S/C33H34ClN3O3/c1-22-8-13-30(32(38)35-22)37-20-29-28(33(37)39)6-3-7-31(29)40-21-24-5-2-4-23(18-24)19-36-16-14-26(15-17-36)25-9-11-27(34)12-10-25/h2-7,9-12,18,26,30H,1,8,13-17,19-21H2,(H,35,38). The SMILES string of the molecule is C=C1CCC(N2Cc3c(OCc4cccc(CN5CCC(c6ccc(Cl)cc6)CC5)c4)cccc3C2=O)C(=O)N1. The highest BCUT2D eigenvalue weighted by Crippen LogP contribution is 2.34. The molecule has 2 fully saturated rings. The first-order valence-corrected chi connectivity index (χ1v) is 14.4. The van der Waals surface area contributed by atoms with Crippen LogP contribution in [0.5, 0.6) is 5.75 Å². The number of piperidine rings is 2. The lowest BCUT2D eigenvalue weighted by Gasteiger charge is -2.32. The molecule has 3 heterocycles. The van der Waals surface area contributed by atoms with Gasteiger partial charge in [-0.15, -0.1) is 0 Å². The summed E-state index contributed by atoms with van der Waals surface area (Å²) in [6.45, 7) is 7.70. The number of allylic oxidation sites excluding steroid dienone is 1.